The van der Waals surface area contributed by atoms with Crippen molar-refractivity contribution in [3.8, 4) is 0 Å². The van der Waals surface area contributed by atoms with E-state index in [9.17, 15) is 9.59 Å². The molecule has 0 spiro atoms. The van der Waals surface area contributed by atoms with Gasteiger partial charge in [0.05, 0.1) is 12.1 Å². The second kappa shape index (κ2) is 7.01. The van der Waals surface area contributed by atoms with E-state index in [0.717, 1.165) is 5.56 Å². The highest BCUT2D eigenvalue weighted by molar-refractivity contribution is 7.14. The zero-order valence-corrected chi connectivity index (χ0v) is 12.4. The van der Waals surface area contributed by atoms with Gasteiger partial charge in [-0.15, -0.1) is 11.3 Å². The molecule has 0 fully saturated rings. The molecule has 0 aliphatic carbocycles. The maximum Gasteiger partial charge on any atom is 0.251 e. The van der Waals surface area contributed by atoms with Gasteiger partial charge >= 0.3 is 0 Å². The van der Waals surface area contributed by atoms with Crippen molar-refractivity contribution in [2.45, 2.75) is 13.0 Å². The van der Waals surface area contributed by atoms with Crippen LogP contribution in [0.3, 0.4) is 0 Å². The average Bonchev–Trinajstić information content (AvgIpc) is 2.94. The molecule has 0 radical (unpaired) electrons. The van der Waals surface area contributed by atoms with Crippen molar-refractivity contribution in [3.05, 3.63) is 52.9 Å². The van der Waals surface area contributed by atoms with Crippen molar-refractivity contribution in [2.24, 2.45) is 5.73 Å². The van der Waals surface area contributed by atoms with Crippen molar-refractivity contribution >= 4 is 28.2 Å². The monoisotopic (exact) mass is 303 g/mol. The number of hydrogen-bond acceptors (Lipinski definition) is 4. The lowest BCUT2D eigenvalue weighted by molar-refractivity contribution is -0.115. The molecule has 4 N–H and O–H groups in total. The first-order valence-electron chi connectivity index (χ1n) is 6.53. The minimum Gasteiger partial charge on any atom is -0.366 e. The second-order valence-corrected chi connectivity index (χ2v) is 5.51. The van der Waals surface area contributed by atoms with Gasteiger partial charge in [0.15, 0.2) is 0 Å². The Labute approximate surface area is 127 Å². The Balaban J connectivity index is 1.88. The Morgan fingerprint density at radius 2 is 1.95 bits per heavy atom. The maximum absolute atomic E-state index is 11.9. The fraction of sp³-hybridized carbons (Fsp3) is 0.200. The first-order valence-corrected chi connectivity index (χ1v) is 7.41. The smallest absolute Gasteiger partial charge is 0.251 e. The quantitative estimate of drug-likeness (QED) is 0.764. The number of hydrogen-bond donors (Lipinski definition) is 3. The summed E-state index contributed by atoms with van der Waals surface area (Å²) >= 11 is 1.28. The highest BCUT2D eigenvalue weighted by Crippen LogP contribution is 2.22. The van der Waals surface area contributed by atoms with E-state index in [-0.39, 0.29) is 18.5 Å². The number of carbonyl (C=O) groups excluding carboxylic acids is 2. The molecule has 1 aromatic heterocycles. The van der Waals surface area contributed by atoms with Crippen LogP contribution in [0.1, 0.15) is 28.9 Å². The minimum atomic E-state index is -0.544. The molecular weight excluding hydrogens is 286 g/mol. The van der Waals surface area contributed by atoms with E-state index in [1.165, 1.54) is 11.3 Å². The summed E-state index contributed by atoms with van der Waals surface area (Å²) in [5, 5.41) is 8.04. The molecule has 0 saturated heterocycles. The molecule has 1 heterocycles. The number of anilines is 1. The molecule has 1 atom stereocenters. The van der Waals surface area contributed by atoms with Crippen LogP contribution in [-0.4, -0.2) is 18.4 Å². The normalized spacial score (nSPS) is 11.9. The number of thiophene rings is 1. The molecule has 0 saturated carbocycles. The summed E-state index contributed by atoms with van der Waals surface area (Å²) in [6, 6.07) is 11.5. The highest BCUT2D eigenvalue weighted by Gasteiger charge is 2.13. The molecular formula is C15H17N3O2S. The summed E-state index contributed by atoms with van der Waals surface area (Å²) in [7, 11) is 0. The van der Waals surface area contributed by atoms with E-state index >= 15 is 0 Å². The van der Waals surface area contributed by atoms with E-state index in [2.05, 4.69) is 10.6 Å². The first-order chi connectivity index (χ1) is 10.1. The average molecular weight is 303 g/mol. The van der Waals surface area contributed by atoms with Crippen molar-refractivity contribution in [2.75, 3.05) is 11.9 Å². The first kappa shape index (κ1) is 15.2. The molecule has 1 aromatic carbocycles. The molecule has 0 unspecified atom stereocenters. The molecule has 2 amide bonds. The van der Waals surface area contributed by atoms with Crippen molar-refractivity contribution in [3.63, 3.8) is 0 Å². The summed E-state index contributed by atoms with van der Waals surface area (Å²) in [6.45, 7) is 2.15. The molecule has 0 bridgehead atoms. The Hall–Kier alpha value is -2.18. The molecule has 21 heavy (non-hydrogen) atoms. The van der Waals surface area contributed by atoms with Gasteiger partial charge in [-0.3, -0.25) is 9.59 Å². The van der Waals surface area contributed by atoms with Gasteiger partial charge in [-0.1, -0.05) is 30.3 Å². The summed E-state index contributed by atoms with van der Waals surface area (Å²) in [5.74, 6) is -0.750. The maximum atomic E-state index is 11.9. The fourth-order valence-electron chi connectivity index (χ4n) is 1.88. The van der Waals surface area contributed by atoms with Crippen LogP contribution in [0, 0.1) is 0 Å². The van der Waals surface area contributed by atoms with Crippen molar-refractivity contribution in [1.29, 1.82) is 0 Å². The van der Waals surface area contributed by atoms with Gasteiger partial charge < -0.3 is 16.4 Å². The van der Waals surface area contributed by atoms with E-state index in [1.807, 2.05) is 37.3 Å². The van der Waals surface area contributed by atoms with Crippen LogP contribution >= 0.6 is 11.3 Å². The SMILES string of the molecule is C[C@@H](NCC(=O)Nc1sccc1C(N)=O)c1ccccc1. The number of nitrogens with two attached hydrogens (primary N) is 1. The van der Waals surface area contributed by atoms with Gasteiger partial charge in [0, 0.05) is 6.04 Å². The molecule has 6 heteroatoms. The van der Waals surface area contributed by atoms with Crippen LogP contribution in [0.15, 0.2) is 41.8 Å². The van der Waals surface area contributed by atoms with Crippen molar-refractivity contribution < 1.29 is 9.59 Å². The van der Waals surface area contributed by atoms with Gasteiger partial charge in [-0.05, 0) is 23.9 Å². The van der Waals surface area contributed by atoms with E-state index in [4.69, 9.17) is 5.73 Å². The second-order valence-electron chi connectivity index (χ2n) is 4.59. The van der Waals surface area contributed by atoms with Gasteiger partial charge in [-0.25, -0.2) is 0 Å². The zero-order valence-electron chi connectivity index (χ0n) is 11.6. The van der Waals surface area contributed by atoms with Gasteiger partial charge in [-0.2, -0.15) is 0 Å². The zero-order chi connectivity index (χ0) is 15.2. The topological polar surface area (TPSA) is 84.2 Å². The lowest BCUT2D eigenvalue weighted by atomic mass is 10.1. The van der Waals surface area contributed by atoms with Crippen LogP contribution in [0.25, 0.3) is 0 Å². The third kappa shape index (κ3) is 4.14. The third-order valence-corrected chi connectivity index (χ3v) is 3.88. The fourth-order valence-corrected chi connectivity index (χ4v) is 2.68. The molecule has 0 aliphatic heterocycles. The molecule has 110 valence electrons. The van der Waals surface area contributed by atoms with E-state index in [1.54, 1.807) is 11.4 Å². The van der Waals surface area contributed by atoms with Crippen LogP contribution in [0.5, 0.6) is 0 Å². The summed E-state index contributed by atoms with van der Waals surface area (Å²) < 4.78 is 0. The lowest BCUT2D eigenvalue weighted by Gasteiger charge is -2.13. The summed E-state index contributed by atoms with van der Waals surface area (Å²) in [6.07, 6.45) is 0. The standard InChI is InChI=1S/C15H17N3O2S/c1-10(11-5-3-2-4-6-11)17-9-13(19)18-15-12(14(16)20)7-8-21-15/h2-8,10,17H,9H2,1H3,(H2,16,20)(H,18,19)/t10-/m1/s1. The van der Waals surface area contributed by atoms with Crippen LogP contribution in [-0.2, 0) is 4.79 Å². The summed E-state index contributed by atoms with van der Waals surface area (Å²) in [4.78, 5) is 23.1. The number of benzene rings is 1. The van der Waals surface area contributed by atoms with E-state index < -0.39 is 5.91 Å². The number of carbonyl (C=O) groups is 2. The van der Waals surface area contributed by atoms with Crippen molar-refractivity contribution in [1.82, 2.24) is 5.32 Å². The van der Waals surface area contributed by atoms with Gasteiger partial charge in [0.2, 0.25) is 5.91 Å². The van der Waals surface area contributed by atoms with Gasteiger partial charge in [0.1, 0.15) is 5.00 Å². The van der Waals surface area contributed by atoms with Gasteiger partial charge in [0.25, 0.3) is 5.91 Å². The minimum absolute atomic E-state index is 0.0656. The predicted octanol–water partition coefficient (Wildman–Crippen LogP) is 2.14. The Bertz CT molecular complexity index is 625. The Kier molecular flexibility index (Phi) is 5.08. The molecule has 2 aromatic rings. The highest BCUT2D eigenvalue weighted by atomic mass is 32.1. The number of rotatable bonds is 6. The summed E-state index contributed by atoms with van der Waals surface area (Å²) in [5.41, 5.74) is 6.68. The molecule has 2 rings (SSSR count). The Morgan fingerprint density at radius 1 is 1.24 bits per heavy atom. The molecule has 5 nitrogen and oxygen atoms in total. The largest absolute Gasteiger partial charge is 0.366 e. The van der Waals surface area contributed by atoms with Crippen LogP contribution < -0.4 is 16.4 Å². The number of primary amides is 1. The number of amides is 2. The third-order valence-electron chi connectivity index (χ3n) is 3.05. The number of nitrogens with one attached hydrogen (secondary N) is 2. The molecule has 0 aliphatic rings. The van der Waals surface area contributed by atoms with Crippen LogP contribution in [0.2, 0.25) is 0 Å². The predicted molar refractivity (Wildman–Crippen MR) is 84.3 cm³/mol. The van der Waals surface area contributed by atoms with E-state index in [0.29, 0.717) is 10.6 Å². The van der Waals surface area contributed by atoms with Crippen LogP contribution in [0.4, 0.5) is 5.00 Å². The lowest BCUT2D eigenvalue weighted by Crippen LogP contribution is -2.30. The Morgan fingerprint density at radius 3 is 2.62 bits per heavy atom.